The van der Waals surface area contributed by atoms with E-state index in [0.717, 1.165) is 72.7 Å². The van der Waals surface area contributed by atoms with Gasteiger partial charge in [-0.25, -0.2) is 13.8 Å². The Morgan fingerprint density at radius 1 is 1.11 bits per heavy atom. The van der Waals surface area contributed by atoms with Crippen LogP contribution in [0.2, 0.25) is 0 Å². The maximum absolute atomic E-state index is 12.7. The highest BCUT2D eigenvalue weighted by Crippen LogP contribution is 2.32. The molecule has 1 atom stereocenters. The Morgan fingerprint density at radius 3 is 2.68 bits per heavy atom. The van der Waals surface area contributed by atoms with E-state index in [-0.39, 0.29) is 12.0 Å². The number of halogens is 2. The second-order valence-corrected chi connectivity index (χ2v) is 10.3. The highest BCUT2D eigenvalue weighted by Gasteiger charge is 2.35. The summed E-state index contributed by atoms with van der Waals surface area (Å²) in [4.78, 5) is 29.5. The molecule has 38 heavy (non-hydrogen) atoms. The van der Waals surface area contributed by atoms with Crippen molar-refractivity contribution < 1.29 is 13.6 Å². The third-order valence-electron chi connectivity index (χ3n) is 7.59. The van der Waals surface area contributed by atoms with Gasteiger partial charge in [-0.15, -0.1) is 0 Å². The number of fused-ring (bicyclic) bond motifs is 1. The molecule has 6 rings (SSSR count). The predicted octanol–water partition coefficient (Wildman–Crippen LogP) is 4.29. The van der Waals surface area contributed by atoms with E-state index in [4.69, 9.17) is 4.98 Å². The second kappa shape index (κ2) is 10.2. The average Bonchev–Trinajstić information content (AvgIpc) is 3.54. The number of carbonyl (C=O) groups excluding carboxylic acids is 1. The number of pyridine rings is 1. The minimum atomic E-state index is -2.44. The number of rotatable bonds is 8. The van der Waals surface area contributed by atoms with Gasteiger partial charge in [-0.2, -0.15) is 5.10 Å². The number of alkyl halides is 2. The van der Waals surface area contributed by atoms with E-state index in [9.17, 15) is 13.6 Å². The Morgan fingerprint density at radius 2 is 1.92 bits per heavy atom. The number of aromatic nitrogens is 5. The lowest BCUT2D eigenvalue weighted by atomic mass is 10.1. The first-order valence-electron chi connectivity index (χ1n) is 13.2. The molecule has 1 saturated heterocycles. The van der Waals surface area contributed by atoms with E-state index < -0.39 is 13.0 Å². The van der Waals surface area contributed by atoms with Crippen LogP contribution in [0.1, 0.15) is 42.9 Å². The molecule has 2 fully saturated rings. The van der Waals surface area contributed by atoms with Crippen LogP contribution in [0.5, 0.6) is 0 Å². The van der Waals surface area contributed by atoms with Gasteiger partial charge < -0.3 is 9.88 Å². The van der Waals surface area contributed by atoms with Crippen molar-refractivity contribution in [2.75, 3.05) is 26.2 Å². The van der Waals surface area contributed by atoms with Crippen molar-refractivity contribution in [1.29, 1.82) is 0 Å². The van der Waals surface area contributed by atoms with Gasteiger partial charge in [0.05, 0.1) is 17.2 Å². The molecule has 0 radical (unpaired) electrons. The van der Waals surface area contributed by atoms with Gasteiger partial charge in [0.1, 0.15) is 12.4 Å². The highest BCUT2D eigenvalue weighted by atomic mass is 19.3. The lowest BCUT2D eigenvalue weighted by Crippen LogP contribution is -2.49. The second-order valence-electron chi connectivity index (χ2n) is 10.3. The number of piperazine rings is 1. The molecular formula is C28H31F2N7O. The molecule has 1 amide bonds. The number of benzene rings is 1. The van der Waals surface area contributed by atoms with Crippen molar-refractivity contribution in [3.63, 3.8) is 0 Å². The predicted molar refractivity (Wildman–Crippen MR) is 140 cm³/mol. The van der Waals surface area contributed by atoms with Crippen LogP contribution in [-0.2, 0) is 17.8 Å². The van der Waals surface area contributed by atoms with Gasteiger partial charge in [-0.05, 0) is 55.2 Å². The molecule has 0 spiro atoms. The molecule has 1 aliphatic carbocycles. The lowest BCUT2D eigenvalue weighted by Gasteiger charge is -2.38. The normalized spacial score (nSPS) is 17.4. The molecule has 4 heterocycles. The van der Waals surface area contributed by atoms with E-state index in [2.05, 4.69) is 39.0 Å². The van der Waals surface area contributed by atoms with Crippen LogP contribution >= 0.6 is 0 Å². The molecule has 1 aromatic carbocycles. The zero-order valence-corrected chi connectivity index (χ0v) is 21.4. The van der Waals surface area contributed by atoms with Crippen LogP contribution < -0.4 is 0 Å². The summed E-state index contributed by atoms with van der Waals surface area (Å²) in [5.74, 6) is 1.43. The van der Waals surface area contributed by atoms with Crippen molar-refractivity contribution in [3.05, 3.63) is 66.0 Å². The minimum Gasteiger partial charge on any atom is -0.342 e. The summed E-state index contributed by atoms with van der Waals surface area (Å²) >= 11 is 0. The van der Waals surface area contributed by atoms with E-state index in [1.807, 2.05) is 29.3 Å². The van der Waals surface area contributed by atoms with Crippen molar-refractivity contribution >= 4 is 16.9 Å². The molecule has 10 heteroatoms. The van der Waals surface area contributed by atoms with Gasteiger partial charge in [-0.1, -0.05) is 6.07 Å². The van der Waals surface area contributed by atoms with Crippen molar-refractivity contribution in [3.8, 4) is 11.1 Å². The Labute approximate surface area is 219 Å². The molecule has 1 N–H and O–H groups in total. The SMILES string of the molecule is CC(c1ccnc(Cc2nc3ccc(-c4cnn(CC(F)F)c4)cc3[nH]2)c1)N1CCN(C(=O)C2CC2)CC1. The molecule has 198 valence electrons. The van der Waals surface area contributed by atoms with Gasteiger partial charge >= 0.3 is 0 Å². The minimum absolute atomic E-state index is 0.235. The third kappa shape index (κ3) is 5.31. The van der Waals surface area contributed by atoms with Crippen LogP contribution in [0.4, 0.5) is 8.78 Å². The summed E-state index contributed by atoms with van der Waals surface area (Å²) in [6, 6.07) is 10.3. The number of aromatic amines is 1. The maximum atomic E-state index is 12.7. The van der Waals surface area contributed by atoms with E-state index in [1.165, 1.54) is 10.2 Å². The fraction of sp³-hybridized carbons (Fsp3) is 0.429. The molecule has 2 aliphatic rings. The third-order valence-corrected chi connectivity index (χ3v) is 7.59. The quantitative estimate of drug-likeness (QED) is 0.376. The zero-order valence-electron chi connectivity index (χ0n) is 21.4. The highest BCUT2D eigenvalue weighted by molar-refractivity contribution is 5.82. The van der Waals surface area contributed by atoms with Crippen molar-refractivity contribution in [2.45, 2.75) is 45.2 Å². The molecular weight excluding hydrogens is 488 g/mol. The van der Waals surface area contributed by atoms with Crippen LogP contribution in [-0.4, -0.2) is 73.0 Å². The zero-order chi connectivity index (χ0) is 26.2. The van der Waals surface area contributed by atoms with Crippen LogP contribution in [0.3, 0.4) is 0 Å². The maximum Gasteiger partial charge on any atom is 0.257 e. The average molecular weight is 520 g/mol. The standard InChI is InChI=1S/C28H31F2N7O/c1-18(35-8-10-36(11-9-35)28(38)19-2-3-19)20-6-7-31-23(12-20)14-27-33-24-5-4-21(13-25(24)34-27)22-15-32-37(16-22)17-26(29)30/h4-7,12-13,15-16,18-19,26H,2-3,8-11,14,17H2,1H3,(H,33,34). The first kappa shape index (κ1) is 24.7. The first-order valence-corrected chi connectivity index (χ1v) is 13.2. The summed E-state index contributed by atoms with van der Waals surface area (Å²) in [5, 5.41) is 4.03. The number of nitrogens with one attached hydrogen (secondary N) is 1. The summed E-state index contributed by atoms with van der Waals surface area (Å²) in [6.45, 7) is 5.15. The van der Waals surface area contributed by atoms with Crippen molar-refractivity contribution in [1.82, 2.24) is 34.5 Å². The molecule has 0 bridgehead atoms. The van der Waals surface area contributed by atoms with Crippen LogP contribution in [0, 0.1) is 5.92 Å². The van der Waals surface area contributed by atoms with Gasteiger partial charge in [0.15, 0.2) is 0 Å². The Hall–Kier alpha value is -3.66. The van der Waals surface area contributed by atoms with E-state index >= 15 is 0 Å². The summed E-state index contributed by atoms with van der Waals surface area (Å²) in [5.41, 5.74) is 5.53. The topological polar surface area (TPSA) is 82.9 Å². The number of amides is 1. The fourth-order valence-electron chi connectivity index (χ4n) is 5.23. The van der Waals surface area contributed by atoms with E-state index in [1.54, 1.807) is 12.4 Å². The molecule has 4 aromatic rings. The Bertz CT molecular complexity index is 1440. The van der Waals surface area contributed by atoms with Gasteiger partial charge in [-0.3, -0.25) is 19.4 Å². The molecule has 8 nitrogen and oxygen atoms in total. The summed E-state index contributed by atoms with van der Waals surface area (Å²) in [7, 11) is 0. The van der Waals surface area contributed by atoms with Crippen LogP contribution in [0.25, 0.3) is 22.2 Å². The molecule has 1 saturated carbocycles. The lowest BCUT2D eigenvalue weighted by molar-refractivity contribution is -0.134. The number of H-pyrrole nitrogens is 1. The first-order chi connectivity index (χ1) is 18.4. The molecule has 3 aromatic heterocycles. The summed E-state index contributed by atoms with van der Waals surface area (Å²) in [6.07, 6.45) is 5.32. The number of nitrogens with zero attached hydrogens (tertiary/aromatic N) is 6. The number of hydrogen-bond acceptors (Lipinski definition) is 5. The largest absolute Gasteiger partial charge is 0.342 e. The number of carbonyl (C=O) groups is 1. The monoisotopic (exact) mass is 519 g/mol. The van der Waals surface area contributed by atoms with Crippen LogP contribution in [0.15, 0.2) is 48.9 Å². The smallest absolute Gasteiger partial charge is 0.257 e. The van der Waals surface area contributed by atoms with E-state index in [0.29, 0.717) is 12.3 Å². The Balaban J connectivity index is 1.12. The molecule has 1 unspecified atom stereocenters. The van der Waals surface area contributed by atoms with Crippen molar-refractivity contribution in [2.24, 2.45) is 5.92 Å². The Kier molecular flexibility index (Phi) is 6.65. The van der Waals surface area contributed by atoms with Gasteiger partial charge in [0.25, 0.3) is 6.43 Å². The molecule has 1 aliphatic heterocycles. The summed E-state index contributed by atoms with van der Waals surface area (Å²) < 4.78 is 26.6. The van der Waals surface area contributed by atoms with Gasteiger partial charge in [0.2, 0.25) is 5.91 Å². The van der Waals surface area contributed by atoms with Gasteiger partial charge in [0, 0.05) is 68.2 Å². The fourth-order valence-corrected chi connectivity index (χ4v) is 5.23. The number of hydrogen-bond donors (Lipinski definition) is 1. The number of imidazole rings is 1.